The third-order valence-electron chi connectivity index (χ3n) is 13.8. The highest BCUT2D eigenvalue weighted by molar-refractivity contribution is 6.29. The lowest BCUT2D eigenvalue weighted by molar-refractivity contribution is -0.169. The highest BCUT2D eigenvalue weighted by Crippen LogP contribution is 2.33. The monoisotopic (exact) mass is 1040 g/mol. The van der Waals surface area contributed by atoms with Crippen LogP contribution < -0.4 is 9.47 Å². The van der Waals surface area contributed by atoms with Gasteiger partial charge in [-0.25, -0.2) is 9.59 Å². The standard InChI is InChI=1S/C64H84N2O10/c1-7-13-21-57-59(61(67)49-25-29-51(30-26-49)71-41-19-39-65(35-15-9-3)36-16-10-4)53-43-47(23-33-55(53)75-57)45-73-63(69)64(70)74-46-48-24-34-56-54(44-48)60(58(76-56)22-14-8-2)62(68)50-27-31-52(32-28-50)72-42-20-40-66(37-17-11-5)38-18-12-6/h23-34,43-44H,7-22,35-42,45-46H2,1-6H3. The molecule has 6 rings (SSSR count). The Hall–Kier alpha value is -6.24. The Kier molecular flexibility index (Phi) is 24.6. The third kappa shape index (κ3) is 17.4. The molecule has 6 aromatic rings. The van der Waals surface area contributed by atoms with Gasteiger partial charge in [-0.05, 0) is 161 Å². The van der Waals surface area contributed by atoms with Gasteiger partial charge in [-0.2, -0.15) is 0 Å². The van der Waals surface area contributed by atoms with Crippen LogP contribution in [0.3, 0.4) is 0 Å². The van der Waals surface area contributed by atoms with E-state index in [1.807, 2.05) is 24.3 Å². The van der Waals surface area contributed by atoms with E-state index in [-0.39, 0.29) is 24.8 Å². The van der Waals surface area contributed by atoms with Crippen LogP contribution in [0.15, 0.2) is 93.8 Å². The minimum atomic E-state index is -1.16. The maximum Gasteiger partial charge on any atom is 0.417 e. The Morgan fingerprint density at radius 3 is 1.11 bits per heavy atom. The van der Waals surface area contributed by atoms with Crippen LogP contribution in [0.25, 0.3) is 21.9 Å². The second-order valence-corrected chi connectivity index (χ2v) is 20.0. The Bertz CT molecular complexity index is 2530. The van der Waals surface area contributed by atoms with E-state index in [0.717, 1.165) is 77.8 Å². The van der Waals surface area contributed by atoms with Crippen LogP contribution in [0.2, 0.25) is 0 Å². The first kappa shape index (κ1) is 59.0. The number of furan rings is 2. The van der Waals surface area contributed by atoms with Crippen molar-refractivity contribution < 1.29 is 47.0 Å². The fourth-order valence-electron chi connectivity index (χ4n) is 9.36. The van der Waals surface area contributed by atoms with E-state index < -0.39 is 11.9 Å². The quantitative estimate of drug-likeness (QED) is 0.0160. The van der Waals surface area contributed by atoms with Crippen LogP contribution in [-0.4, -0.2) is 85.8 Å². The van der Waals surface area contributed by atoms with Crippen molar-refractivity contribution in [2.75, 3.05) is 52.5 Å². The number of carbonyl (C=O) groups is 4. The largest absolute Gasteiger partial charge is 0.494 e. The first-order chi connectivity index (χ1) is 37.1. The fourth-order valence-corrected chi connectivity index (χ4v) is 9.36. The molecular weight excluding hydrogens is 957 g/mol. The normalized spacial score (nSPS) is 11.5. The van der Waals surface area contributed by atoms with Crippen molar-refractivity contribution in [3.8, 4) is 11.5 Å². The zero-order valence-corrected chi connectivity index (χ0v) is 46.4. The Morgan fingerprint density at radius 2 is 0.763 bits per heavy atom. The number of benzene rings is 4. The predicted octanol–water partition coefficient (Wildman–Crippen LogP) is 14.5. The van der Waals surface area contributed by atoms with Gasteiger partial charge in [-0.1, -0.05) is 92.2 Å². The van der Waals surface area contributed by atoms with Gasteiger partial charge in [-0.3, -0.25) is 9.59 Å². The van der Waals surface area contributed by atoms with Crippen LogP contribution >= 0.6 is 0 Å². The molecule has 0 saturated carbocycles. The SMILES string of the molecule is CCCCc1oc2ccc(COC(=O)C(=O)OCc3ccc4oc(CCCC)c(C(=O)c5ccc(OCCCN(CCCC)CCCC)cc5)c4c3)cc2c1C(=O)c1ccc(OCCCN(CCCC)CCCC)cc1. The zero-order valence-electron chi connectivity index (χ0n) is 46.4. The molecule has 0 aliphatic rings. The molecule has 0 spiro atoms. The molecule has 0 amide bonds. The minimum absolute atomic E-state index is 0.175. The number of unbranched alkanes of at least 4 members (excludes halogenated alkanes) is 6. The molecule has 0 aliphatic heterocycles. The maximum atomic E-state index is 14.2. The lowest BCUT2D eigenvalue weighted by Crippen LogP contribution is -2.28. The van der Waals surface area contributed by atoms with Crippen molar-refractivity contribution in [2.45, 2.75) is 157 Å². The van der Waals surface area contributed by atoms with Crippen LogP contribution in [0.4, 0.5) is 0 Å². The second kappa shape index (κ2) is 31.7. The minimum Gasteiger partial charge on any atom is -0.494 e. The van der Waals surface area contributed by atoms with Crippen molar-refractivity contribution in [3.05, 3.63) is 130 Å². The van der Waals surface area contributed by atoms with Crippen molar-refractivity contribution in [1.29, 1.82) is 0 Å². The summed E-state index contributed by atoms with van der Waals surface area (Å²) in [5.74, 6) is -0.0344. The third-order valence-corrected chi connectivity index (χ3v) is 13.8. The van der Waals surface area contributed by atoms with E-state index in [0.29, 0.717) is 104 Å². The van der Waals surface area contributed by atoms with Crippen LogP contribution in [0, 0.1) is 0 Å². The number of ether oxygens (including phenoxy) is 4. The summed E-state index contributed by atoms with van der Waals surface area (Å²) in [6.45, 7) is 20.3. The smallest absolute Gasteiger partial charge is 0.417 e. The maximum absolute atomic E-state index is 14.2. The lowest BCUT2D eigenvalue weighted by atomic mass is 9.97. The highest BCUT2D eigenvalue weighted by Gasteiger charge is 2.25. The second-order valence-electron chi connectivity index (χ2n) is 20.0. The number of fused-ring (bicyclic) bond motifs is 2. The first-order valence-corrected chi connectivity index (χ1v) is 28.5. The molecule has 410 valence electrons. The topological polar surface area (TPSA) is 138 Å². The molecule has 0 fully saturated rings. The van der Waals surface area contributed by atoms with Crippen molar-refractivity contribution in [3.63, 3.8) is 0 Å². The molecule has 0 atom stereocenters. The van der Waals surface area contributed by atoms with Gasteiger partial charge in [0, 0.05) is 47.8 Å². The summed E-state index contributed by atoms with van der Waals surface area (Å²) in [4.78, 5) is 59.6. The van der Waals surface area contributed by atoms with Gasteiger partial charge in [0.1, 0.15) is 47.4 Å². The zero-order chi connectivity index (χ0) is 54.1. The van der Waals surface area contributed by atoms with Crippen LogP contribution in [0.5, 0.6) is 11.5 Å². The van der Waals surface area contributed by atoms with Gasteiger partial charge in [0.15, 0.2) is 11.6 Å². The van der Waals surface area contributed by atoms with Gasteiger partial charge in [-0.15, -0.1) is 0 Å². The lowest BCUT2D eigenvalue weighted by Gasteiger charge is -2.21. The van der Waals surface area contributed by atoms with Gasteiger partial charge in [0.25, 0.3) is 0 Å². The van der Waals surface area contributed by atoms with E-state index in [4.69, 9.17) is 27.8 Å². The molecule has 2 heterocycles. The van der Waals surface area contributed by atoms with Gasteiger partial charge < -0.3 is 37.6 Å². The van der Waals surface area contributed by atoms with Gasteiger partial charge in [0.2, 0.25) is 0 Å². The number of hydrogen-bond donors (Lipinski definition) is 0. The van der Waals surface area contributed by atoms with Gasteiger partial charge in [0.05, 0.1) is 24.3 Å². The Morgan fingerprint density at radius 1 is 0.421 bits per heavy atom. The molecule has 0 bridgehead atoms. The summed E-state index contributed by atoms with van der Waals surface area (Å²) in [7, 11) is 0. The number of esters is 2. The predicted molar refractivity (Wildman–Crippen MR) is 302 cm³/mol. The molecule has 12 heteroatoms. The number of carbonyl (C=O) groups excluding carboxylic acids is 4. The van der Waals surface area contributed by atoms with E-state index in [1.54, 1.807) is 60.7 Å². The molecule has 4 aromatic carbocycles. The molecule has 12 nitrogen and oxygen atoms in total. The van der Waals surface area contributed by atoms with E-state index in [2.05, 4.69) is 51.3 Å². The molecular formula is C64H84N2O10. The molecule has 76 heavy (non-hydrogen) atoms. The molecule has 0 aliphatic carbocycles. The van der Waals surface area contributed by atoms with Crippen LogP contribution in [0.1, 0.15) is 186 Å². The number of aryl methyl sites for hydroxylation is 2. The number of nitrogens with zero attached hydrogens (tertiary/aromatic N) is 2. The highest BCUT2D eigenvalue weighted by atomic mass is 16.6. The summed E-state index contributed by atoms with van der Waals surface area (Å²) < 4.78 is 35.6. The number of rotatable bonds is 36. The van der Waals surface area contributed by atoms with E-state index in [1.165, 1.54) is 51.4 Å². The summed E-state index contributed by atoms with van der Waals surface area (Å²) in [5.41, 5.74) is 4.19. The summed E-state index contributed by atoms with van der Waals surface area (Å²) in [5, 5.41) is 1.21. The summed E-state index contributed by atoms with van der Waals surface area (Å²) >= 11 is 0. The number of ketones is 2. The first-order valence-electron chi connectivity index (χ1n) is 28.5. The van der Waals surface area contributed by atoms with E-state index >= 15 is 0 Å². The van der Waals surface area contributed by atoms with Crippen LogP contribution in [-0.2, 0) is 45.1 Å². The molecule has 0 saturated heterocycles. The van der Waals surface area contributed by atoms with Crippen molar-refractivity contribution >= 4 is 45.4 Å². The van der Waals surface area contributed by atoms with E-state index in [9.17, 15) is 19.2 Å². The molecule has 0 radical (unpaired) electrons. The molecule has 0 N–H and O–H groups in total. The average molecular weight is 1040 g/mol. The van der Waals surface area contributed by atoms with Crippen molar-refractivity contribution in [2.24, 2.45) is 0 Å². The Labute approximate surface area is 451 Å². The summed E-state index contributed by atoms with van der Waals surface area (Å²) in [6, 6.07) is 25.1. The fraction of sp³-hybridized carbons (Fsp3) is 0.500. The number of hydrogen-bond acceptors (Lipinski definition) is 12. The van der Waals surface area contributed by atoms with Crippen molar-refractivity contribution in [1.82, 2.24) is 9.80 Å². The van der Waals surface area contributed by atoms with Gasteiger partial charge >= 0.3 is 11.9 Å². The summed E-state index contributed by atoms with van der Waals surface area (Å²) in [6.07, 6.45) is 16.1. The molecule has 2 aromatic heterocycles. The Balaban J connectivity index is 1.06. The molecule has 0 unspecified atom stereocenters. The average Bonchev–Trinajstić information content (AvgIpc) is 4.02.